The number of nitrogens with two attached hydrogens (primary N) is 1. The molecule has 1 aliphatic heterocycles. The fourth-order valence-corrected chi connectivity index (χ4v) is 2.30. The maximum absolute atomic E-state index is 11.2. The average molecular weight is 316 g/mol. The summed E-state index contributed by atoms with van der Waals surface area (Å²) < 4.78 is 16.4. The molecule has 0 fully saturated rings. The molecule has 98 valence electrons. The predicted molar refractivity (Wildman–Crippen MR) is 68.7 cm³/mol. The highest BCUT2D eigenvalue weighted by Crippen LogP contribution is 2.39. The van der Waals surface area contributed by atoms with E-state index in [0.717, 1.165) is 10.0 Å². The standard InChI is InChI=1S/C12H14BrNO4/c1-16-11(15)6-9(14)7-4-8(13)12-10(5-7)17-2-3-18-12/h4-5,9H,2-3,6,14H2,1H3/t9-/m1/s1. The fourth-order valence-electron chi connectivity index (χ4n) is 1.73. The van der Waals surface area contributed by atoms with Crippen LogP contribution < -0.4 is 15.2 Å². The molecule has 1 atom stereocenters. The number of benzene rings is 1. The molecule has 0 spiro atoms. The van der Waals surface area contributed by atoms with Crippen LogP contribution in [0.15, 0.2) is 16.6 Å². The molecular weight excluding hydrogens is 302 g/mol. The Morgan fingerprint density at radius 1 is 1.50 bits per heavy atom. The summed E-state index contributed by atoms with van der Waals surface area (Å²) in [5, 5.41) is 0. The quantitative estimate of drug-likeness (QED) is 0.861. The van der Waals surface area contributed by atoms with Crippen molar-refractivity contribution < 1.29 is 19.0 Å². The minimum atomic E-state index is -0.426. The Morgan fingerprint density at radius 3 is 2.94 bits per heavy atom. The van der Waals surface area contributed by atoms with E-state index < -0.39 is 6.04 Å². The normalized spacial score (nSPS) is 15.1. The molecule has 0 aromatic heterocycles. The minimum Gasteiger partial charge on any atom is -0.486 e. The van der Waals surface area contributed by atoms with Gasteiger partial charge in [-0.15, -0.1) is 0 Å². The van der Waals surface area contributed by atoms with Gasteiger partial charge in [-0.1, -0.05) is 0 Å². The highest BCUT2D eigenvalue weighted by Gasteiger charge is 2.20. The first-order chi connectivity index (χ1) is 8.61. The van der Waals surface area contributed by atoms with Gasteiger partial charge in [0.25, 0.3) is 0 Å². The van der Waals surface area contributed by atoms with Gasteiger partial charge in [0.15, 0.2) is 11.5 Å². The Balaban J connectivity index is 2.23. The second kappa shape index (κ2) is 5.58. The molecule has 5 nitrogen and oxygen atoms in total. The molecule has 0 saturated heterocycles. The van der Waals surface area contributed by atoms with Crippen LogP contribution in [0.4, 0.5) is 0 Å². The van der Waals surface area contributed by atoms with Gasteiger partial charge in [-0.25, -0.2) is 0 Å². The summed E-state index contributed by atoms with van der Waals surface area (Å²) in [7, 11) is 1.34. The predicted octanol–water partition coefficient (Wildman–Crippen LogP) is 1.78. The molecule has 1 aromatic rings. The molecule has 0 bridgehead atoms. The highest BCUT2D eigenvalue weighted by atomic mass is 79.9. The van der Waals surface area contributed by atoms with Crippen molar-refractivity contribution in [3.8, 4) is 11.5 Å². The SMILES string of the molecule is COC(=O)C[C@@H](N)c1cc(Br)c2c(c1)OCCO2. The molecule has 2 rings (SSSR count). The van der Waals surface area contributed by atoms with Crippen molar-refractivity contribution in [2.24, 2.45) is 5.73 Å². The van der Waals surface area contributed by atoms with E-state index in [1.54, 1.807) is 6.07 Å². The fraction of sp³-hybridized carbons (Fsp3) is 0.417. The zero-order chi connectivity index (χ0) is 13.1. The van der Waals surface area contributed by atoms with Gasteiger partial charge in [-0.3, -0.25) is 4.79 Å². The van der Waals surface area contributed by atoms with E-state index in [-0.39, 0.29) is 12.4 Å². The Hall–Kier alpha value is -1.27. The summed E-state index contributed by atoms with van der Waals surface area (Å²) in [5.41, 5.74) is 6.76. The van der Waals surface area contributed by atoms with Crippen LogP contribution in [-0.2, 0) is 9.53 Å². The topological polar surface area (TPSA) is 70.8 Å². The number of rotatable bonds is 3. The van der Waals surface area contributed by atoms with Crippen molar-refractivity contribution in [3.63, 3.8) is 0 Å². The van der Waals surface area contributed by atoms with E-state index in [0.29, 0.717) is 24.7 Å². The Labute approximate surface area is 113 Å². The van der Waals surface area contributed by atoms with Crippen LogP contribution in [0.2, 0.25) is 0 Å². The first kappa shape index (κ1) is 13.2. The number of carbonyl (C=O) groups is 1. The largest absolute Gasteiger partial charge is 0.486 e. The summed E-state index contributed by atoms with van der Waals surface area (Å²) in [4.78, 5) is 11.2. The number of hydrogen-bond donors (Lipinski definition) is 1. The minimum absolute atomic E-state index is 0.128. The molecule has 0 amide bonds. The maximum atomic E-state index is 11.2. The Morgan fingerprint density at radius 2 is 2.22 bits per heavy atom. The maximum Gasteiger partial charge on any atom is 0.307 e. The summed E-state index contributed by atoms with van der Waals surface area (Å²) in [5.74, 6) is 0.981. The molecule has 6 heteroatoms. The van der Waals surface area contributed by atoms with Gasteiger partial charge in [0.1, 0.15) is 13.2 Å². The lowest BCUT2D eigenvalue weighted by Crippen LogP contribution is -2.19. The third kappa shape index (κ3) is 2.76. The van der Waals surface area contributed by atoms with Gasteiger partial charge in [-0.2, -0.15) is 0 Å². The summed E-state index contributed by atoms with van der Waals surface area (Å²) in [6, 6.07) is 3.21. The van der Waals surface area contributed by atoms with Gasteiger partial charge >= 0.3 is 5.97 Å². The van der Waals surface area contributed by atoms with Gasteiger partial charge in [0.05, 0.1) is 18.0 Å². The highest BCUT2D eigenvalue weighted by molar-refractivity contribution is 9.10. The third-order valence-electron chi connectivity index (χ3n) is 2.66. The molecule has 18 heavy (non-hydrogen) atoms. The number of esters is 1. The molecule has 0 radical (unpaired) electrons. The lowest BCUT2D eigenvalue weighted by Gasteiger charge is -2.21. The second-order valence-corrected chi connectivity index (χ2v) is 4.77. The zero-order valence-electron chi connectivity index (χ0n) is 9.94. The molecule has 1 heterocycles. The number of carbonyl (C=O) groups excluding carboxylic acids is 1. The van der Waals surface area contributed by atoms with Gasteiger partial charge < -0.3 is 19.9 Å². The number of fused-ring (bicyclic) bond motifs is 1. The van der Waals surface area contributed by atoms with E-state index in [1.165, 1.54) is 7.11 Å². The van der Waals surface area contributed by atoms with Crippen LogP contribution in [0.5, 0.6) is 11.5 Å². The smallest absolute Gasteiger partial charge is 0.307 e. The van der Waals surface area contributed by atoms with Gasteiger partial charge in [0, 0.05) is 6.04 Å². The Bertz CT molecular complexity index is 464. The molecule has 0 aliphatic carbocycles. The van der Waals surface area contributed by atoms with Gasteiger partial charge in [-0.05, 0) is 33.6 Å². The van der Waals surface area contributed by atoms with Crippen molar-refractivity contribution in [1.29, 1.82) is 0 Å². The van der Waals surface area contributed by atoms with Gasteiger partial charge in [0.2, 0.25) is 0 Å². The van der Waals surface area contributed by atoms with Crippen LogP contribution >= 0.6 is 15.9 Å². The summed E-state index contributed by atoms with van der Waals surface area (Å²) in [6.45, 7) is 1.04. The molecule has 0 unspecified atom stereocenters. The molecule has 0 saturated carbocycles. The van der Waals surface area contributed by atoms with Crippen molar-refractivity contribution in [3.05, 3.63) is 22.2 Å². The number of methoxy groups -OCH3 is 1. The number of halogens is 1. The summed E-state index contributed by atoms with van der Waals surface area (Å²) >= 11 is 3.41. The van der Waals surface area contributed by atoms with Crippen LogP contribution in [0, 0.1) is 0 Å². The van der Waals surface area contributed by atoms with Crippen LogP contribution in [0.3, 0.4) is 0 Å². The second-order valence-electron chi connectivity index (χ2n) is 3.91. The van der Waals surface area contributed by atoms with Crippen LogP contribution in [-0.4, -0.2) is 26.3 Å². The molecule has 2 N–H and O–H groups in total. The lowest BCUT2D eigenvalue weighted by molar-refractivity contribution is -0.141. The molecule has 1 aliphatic rings. The van der Waals surface area contributed by atoms with E-state index >= 15 is 0 Å². The van der Waals surface area contributed by atoms with Crippen LogP contribution in [0.25, 0.3) is 0 Å². The molecule has 1 aromatic carbocycles. The average Bonchev–Trinajstić information content (AvgIpc) is 2.38. The monoisotopic (exact) mass is 315 g/mol. The van der Waals surface area contributed by atoms with Crippen molar-refractivity contribution in [2.45, 2.75) is 12.5 Å². The first-order valence-electron chi connectivity index (χ1n) is 5.53. The van der Waals surface area contributed by atoms with Crippen molar-refractivity contribution in [2.75, 3.05) is 20.3 Å². The van der Waals surface area contributed by atoms with E-state index in [4.69, 9.17) is 15.2 Å². The zero-order valence-corrected chi connectivity index (χ0v) is 11.5. The van der Waals surface area contributed by atoms with E-state index in [2.05, 4.69) is 20.7 Å². The molecular formula is C12H14BrNO4. The first-order valence-corrected chi connectivity index (χ1v) is 6.32. The lowest BCUT2D eigenvalue weighted by atomic mass is 10.0. The number of ether oxygens (including phenoxy) is 3. The number of hydrogen-bond acceptors (Lipinski definition) is 5. The van der Waals surface area contributed by atoms with Crippen molar-refractivity contribution in [1.82, 2.24) is 0 Å². The Kier molecular flexibility index (Phi) is 4.08. The van der Waals surface area contributed by atoms with E-state index in [1.807, 2.05) is 6.07 Å². The van der Waals surface area contributed by atoms with Crippen LogP contribution in [0.1, 0.15) is 18.0 Å². The van der Waals surface area contributed by atoms with E-state index in [9.17, 15) is 4.79 Å². The summed E-state index contributed by atoms with van der Waals surface area (Å²) in [6.07, 6.45) is 0.128. The van der Waals surface area contributed by atoms with Crippen molar-refractivity contribution >= 4 is 21.9 Å². The third-order valence-corrected chi connectivity index (χ3v) is 3.25.